The zero-order valence-corrected chi connectivity index (χ0v) is 12.2. The Labute approximate surface area is 111 Å². The van der Waals surface area contributed by atoms with Crippen molar-refractivity contribution in [2.45, 2.75) is 47.5 Å². The highest BCUT2D eigenvalue weighted by atomic mass is 16.1. The number of hydrogen-bond donors (Lipinski definition) is 1. The van der Waals surface area contributed by atoms with Crippen LogP contribution in [0.25, 0.3) is 0 Å². The van der Waals surface area contributed by atoms with Gasteiger partial charge in [-0.1, -0.05) is 43.2 Å². The summed E-state index contributed by atoms with van der Waals surface area (Å²) in [6.45, 7) is 9.83. The average molecular weight is 247 g/mol. The van der Waals surface area contributed by atoms with E-state index in [1.807, 2.05) is 13.8 Å². The summed E-state index contributed by atoms with van der Waals surface area (Å²) in [6, 6.07) is 8.58. The lowest BCUT2D eigenvalue weighted by molar-refractivity contribution is -0.114. The third-order valence-corrected chi connectivity index (χ3v) is 2.90. The highest BCUT2D eigenvalue weighted by molar-refractivity contribution is 5.91. The number of aryl methyl sites for hydroxylation is 2. The highest BCUT2D eigenvalue weighted by Crippen LogP contribution is 2.08. The van der Waals surface area contributed by atoms with Gasteiger partial charge in [0.25, 0.3) is 0 Å². The summed E-state index contributed by atoms with van der Waals surface area (Å²) in [6.07, 6.45) is 2.46. The van der Waals surface area contributed by atoms with Crippen molar-refractivity contribution >= 4 is 5.91 Å². The second kappa shape index (κ2) is 8.51. The first-order chi connectivity index (χ1) is 8.40. The van der Waals surface area contributed by atoms with E-state index >= 15 is 0 Å². The van der Waals surface area contributed by atoms with E-state index in [1.54, 1.807) is 6.92 Å². The lowest BCUT2D eigenvalue weighted by Gasteiger charge is -2.01. The summed E-state index contributed by atoms with van der Waals surface area (Å²) < 4.78 is 0. The SMILES string of the molecule is CC(C)=C(C)C(N)=O.CCCc1ccccc1C. The number of nitrogens with two attached hydrogens (primary N) is 1. The molecular weight excluding hydrogens is 222 g/mol. The molecule has 18 heavy (non-hydrogen) atoms. The van der Waals surface area contributed by atoms with E-state index in [2.05, 4.69) is 38.1 Å². The van der Waals surface area contributed by atoms with Gasteiger partial charge >= 0.3 is 0 Å². The van der Waals surface area contributed by atoms with E-state index in [0.29, 0.717) is 5.57 Å². The Morgan fingerprint density at radius 1 is 1.17 bits per heavy atom. The number of rotatable bonds is 3. The van der Waals surface area contributed by atoms with Gasteiger partial charge in [0.1, 0.15) is 0 Å². The van der Waals surface area contributed by atoms with Crippen molar-refractivity contribution < 1.29 is 4.79 Å². The molecule has 0 unspecified atom stereocenters. The van der Waals surface area contributed by atoms with Crippen LogP contribution in [0.15, 0.2) is 35.4 Å². The molecule has 0 heterocycles. The van der Waals surface area contributed by atoms with E-state index in [9.17, 15) is 4.79 Å². The van der Waals surface area contributed by atoms with E-state index < -0.39 is 0 Å². The lowest BCUT2D eigenvalue weighted by atomic mass is 10.1. The Morgan fingerprint density at radius 3 is 2.06 bits per heavy atom. The quantitative estimate of drug-likeness (QED) is 0.812. The summed E-state index contributed by atoms with van der Waals surface area (Å²) in [4.78, 5) is 10.3. The maximum atomic E-state index is 10.3. The molecule has 0 aromatic heterocycles. The molecule has 0 fully saturated rings. The fraction of sp³-hybridized carbons (Fsp3) is 0.438. The van der Waals surface area contributed by atoms with Crippen LogP contribution in [0.3, 0.4) is 0 Å². The third-order valence-electron chi connectivity index (χ3n) is 2.90. The van der Waals surface area contributed by atoms with Crippen molar-refractivity contribution in [1.82, 2.24) is 0 Å². The van der Waals surface area contributed by atoms with Gasteiger partial charge in [-0.3, -0.25) is 4.79 Å². The van der Waals surface area contributed by atoms with Gasteiger partial charge < -0.3 is 5.73 Å². The van der Waals surface area contributed by atoms with Gasteiger partial charge in [0.15, 0.2) is 0 Å². The predicted molar refractivity (Wildman–Crippen MR) is 78.4 cm³/mol. The summed E-state index contributed by atoms with van der Waals surface area (Å²) >= 11 is 0. The second-order valence-corrected chi connectivity index (χ2v) is 4.67. The average Bonchev–Trinajstić information content (AvgIpc) is 2.32. The first-order valence-corrected chi connectivity index (χ1v) is 6.38. The van der Waals surface area contributed by atoms with Gasteiger partial charge in [-0.25, -0.2) is 0 Å². The standard InChI is InChI=1S/C10H14.C6H11NO/c1-3-6-10-8-5-4-7-9(10)2;1-4(2)5(3)6(7)8/h4-5,7-8H,3,6H2,1-2H3;1-3H3,(H2,7,8). The summed E-state index contributed by atoms with van der Waals surface area (Å²) in [5.74, 6) is -0.329. The molecule has 0 aliphatic rings. The Balaban J connectivity index is 0.000000331. The molecule has 0 radical (unpaired) electrons. The van der Waals surface area contributed by atoms with Crippen molar-refractivity contribution in [3.05, 3.63) is 46.5 Å². The third kappa shape index (κ3) is 6.24. The smallest absolute Gasteiger partial charge is 0.244 e. The molecule has 1 rings (SSSR count). The predicted octanol–water partition coefficient (Wildman–Crippen LogP) is 3.78. The minimum absolute atomic E-state index is 0.329. The lowest BCUT2D eigenvalue weighted by Crippen LogP contribution is -2.12. The molecule has 0 spiro atoms. The van der Waals surface area contributed by atoms with Crippen LogP contribution in [0.5, 0.6) is 0 Å². The van der Waals surface area contributed by atoms with Gasteiger partial charge in [-0.15, -0.1) is 0 Å². The van der Waals surface area contributed by atoms with Gasteiger partial charge in [0, 0.05) is 5.57 Å². The van der Waals surface area contributed by atoms with Crippen LogP contribution in [0.2, 0.25) is 0 Å². The van der Waals surface area contributed by atoms with Crippen LogP contribution in [-0.4, -0.2) is 5.91 Å². The minimum Gasteiger partial charge on any atom is -0.366 e. The van der Waals surface area contributed by atoms with Crippen molar-refractivity contribution in [2.75, 3.05) is 0 Å². The van der Waals surface area contributed by atoms with Gasteiger partial charge in [-0.05, 0) is 45.2 Å². The fourth-order valence-corrected chi connectivity index (χ4v) is 1.41. The molecule has 0 atom stereocenters. The van der Waals surface area contributed by atoms with Gasteiger partial charge in [0.2, 0.25) is 5.91 Å². The van der Waals surface area contributed by atoms with E-state index in [4.69, 9.17) is 5.73 Å². The molecule has 100 valence electrons. The highest BCUT2D eigenvalue weighted by Gasteiger charge is 1.96. The number of primary amides is 1. The molecular formula is C16H25NO. The minimum atomic E-state index is -0.329. The van der Waals surface area contributed by atoms with Crippen molar-refractivity contribution in [2.24, 2.45) is 5.73 Å². The molecule has 2 heteroatoms. The number of allylic oxidation sites excluding steroid dienone is 1. The number of amides is 1. The topological polar surface area (TPSA) is 43.1 Å². The number of hydrogen-bond acceptors (Lipinski definition) is 1. The molecule has 0 saturated heterocycles. The van der Waals surface area contributed by atoms with Crippen molar-refractivity contribution in [1.29, 1.82) is 0 Å². The summed E-state index contributed by atoms with van der Waals surface area (Å²) in [7, 11) is 0. The molecule has 0 aliphatic carbocycles. The number of benzene rings is 1. The molecule has 0 saturated carbocycles. The number of carbonyl (C=O) groups excluding carboxylic acids is 1. The Hall–Kier alpha value is -1.57. The Kier molecular flexibility index (Phi) is 7.77. The summed E-state index contributed by atoms with van der Waals surface area (Å²) in [5.41, 5.74) is 9.49. The normalized spacial score (nSPS) is 9.17. The fourth-order valence-electron chi connectivity index (χ4n) is 1.41. The maximum Gasteiger partial charge on any atom is 0.244 e. The van der Waals surface area contributed by atoms with Gasteiger partial charge in [0.05, 0.1) is 0 Å². The van der Waals surface area contributed by atoms with Crippen LogP contribution in [0.1, 0.15) is 45.2 Å². The van der Waals surface area contributed by atoms with E-state index in [1.165, 1.54) is 24.0 Å². The molecule has 1 aromatic carbocycles. The number of carbonyl (C=O) groups is 1. The van der Waals surface area contributed by atoms with E-state index in [-0.39, 0.29) is 5.91 Å². The van der Waals surface area contributed by atoms with Crippen LogP contribution in [-0.2, 0) is 11.2 Å². The Bertz CT molecular complexity index is 415. The molecule has 0 bridgehead atoms. The van der Waals surface area contributed by atoms with E-state index in [0.717, 1.165) is 5.57 Å². The monoisotopic (exact) mass is 247 g/mol. The van der Waals surface area contributed by atoms with Crippen molar-refractivity contribution in [3.63, 3.8) is 0 Å². The molecule has 2 N–H and O–H groups in total. The van der Waals surface area contributed by atoms with Crippen LogP contribution in [0.4, 0.5) is 0 Å². The zero-order valence-electron chi connectivity index (χ0n) is 12.2. The molecule has 1 amide bonds. The first-order valence-electron chi connectivity index (χ1n) is 6.38. The maximum absolute atomic E-state index is 10.3. The largest absolute Gasteiger partial charge is 0.366 e. The van der Waals surface area contributed by atoms with Crippen LogP contribution >= 0.6 is 0 Å². The molecule has 0 aliphatic heterocycles. The van der Waals surface area contributed by atoms with Gasteiger partial charge in [-0.2, -0.15) is 0 Å². The molecule has 2 nitrogen and oxygen atoms in total. The van der Waals surface area contributed by atoms with Crippen LogP contribution < -0.4 is 5.73 Å². The zero-order chi connectivity index (χ0) is 14.1. The summed E-state index contributed by atoms with van der Waals surface area (Å²) in [5, 5.41) is 0. The van der Waals surface area contributed by atoms with Crippen molar-refractivity contribution in [3.8, 4) is 0 Å². The second-order valence-electron chi connectivity index (χ2n) is 4.67. The van der Waals surface area contributed by atoms with Crippen LogP contribution in [0, 0.1) is 6.92 Å². The molecule has 1 aromatic rings. The Morgan fingerprint density at radius 2 is 1.72 bits per heavy atom. The first kappa shape index (κ1) is 16.4.